The van der Waals surface area contributed by atoms with Crippen molar-refractivity contribution >= 4 is 40.9 Å². The van der Waals surface area contributed by atoms with Crippen LogP contribution in [0.5, 0.6) is 0 Å². The minimum atomic E-state index is -0.275. The molecule has 8 heteroatoms. The molecule has 0 saturated carbocycles. The minimum absolute atomic E-state index is 0.141. The van der Waals surface area contributed by atoms with E-state index in [-0.39, 0.29) is 12.0 Å². The number of halogens is 2. The van der Waals surface area contributed by atoms with Crippen LogP contribution in [0.25, 0.3) is 0 Å². The summed E-state index contributed by atoms with van der Waals surface area (Å²) in [6, 6.07) is 5.08. The maximum atomic E-state index is 12.1. The van der Waals surface area contributed by atoms with Gasteiger partial charge in [0.05, 0.1) is 22.3 Å². The van der Waals surface area contributed by atoms with E-state index < -0.39 is 0 Å². The molecule has 1 aromatic carbocycles. The van der Waals surface area contributed by atoms with E-state index >= 15 is 0 Å². The zero-order chi connectivity index (χ0) is 17.5. The van der Waals surface area contributed by atoms with E-state index in [9.17, 15) is 9.59 Å². The molecule has 0 unspecified atom stereocenters. The summed E-state index contributed by atoms with van der Waals surface area (Å²) in [5.41, 5.74) is 0.443. The van der Waals surface area contributed by atoms with E-state index in [2.05, 4.69) is 10.2 Å². The Bertz CT molecular complexity index is 570. The van der Waals surface area contributed by atoms with E-state index in [4.69, 9.17) is 27.9 Å². The number of carbonyl (C=O) groups excluding carboxylic acids is 2. The second kappa shape index (κ2) is 9.11. The summed E-state index contributed by atoms with van der Waals surface area (Å²) in [6.45, 7) is 5.44. The third-order valence-corrected chi connectivity index (χ3v) is 4.41. The summed E-state index contributed by atoms with van der Waals surface area (Å²) in [4.78, 5) is 27.5. The second-order valence-electron chi connectivity index (χ2n) is 5.42. The summed E-state index contributed by atoms with van der Waals surface area (Å²) < 4.78 is 4.98. The molecule has 6 nitrogen and oxygen atoms in total. The van der Waals surface area contributed by atoms with Crippen molar-refractivity contribution in [3.63, 3.8) is 0 Å². The van der Waals surface area contributed by atoms with Gasteiger partial charge in [0, 0.05) is 39.1 Å². The second-order valence-corrected chi connectivity index (χ2v) is 6.24. The number of ether oxygens (including phenoxy) is 1. The topological polar surface area (TPSA) is 61.9 Å². The van der Waals surface area contributed by atoms with E-state index in [1.807, 2.05) is 0 Å². The SMILES string of the molecule is CCOC(=O)N1CCN(CCC(=O)Nc2c(Cl)cccc2Cl)CC1. The van der Waals surface area contributed by atoms with Crippen LogP contribution in [0, 0.1) is 0 Å². The van der Waals surface area contributed by atoms with Gasteiger partial charge in [0.15, 0.2) is 0 Å². The molecule has 1 heterocycles. The molecule has 1 aliphatic rings. The molecule has 2 amide bonds. The minimum Gasteiger partial charge on any atom is -0.450 e. The van der Waals surface area contributed by atoms with Crippen LogP contribution >= 0.6 is 23.2 Å². The van der Waals surface area contributed by atoms with Crippen LogP contribution in [0.2, 0.25) is 10.0 Å². The van der Waals surface area contributed by atoms with Crippen molar-refractivity contribution in [2.24, 2.45) is 0 Å². The standard InChI is InChI=1S/C16H21Cl2N3O3/c1-2-24-16(23)21-10-8-20(9-11-21)7-6-14(22)19-15-12(17)4-3-5-13(15)18/h3-5H,2,6-11H2,1H3,(H,19,22). The molecule has 0 aromatic heterocycles. The highest BCUT2D eigenvalue weighted by Gasteiger charge is 2.22. The Labute approximate surface area is 151 Å². The van der Waals surface area contributed by atoms with Crippen molar-refractivity contribution in [2.75, 3.05) is 44.6 Å². The monoisotopic (exact) mass is 373 g/mol. The van der Waals surface area contributed by atoms with E-state index in [1.165, 1.54) is 0 Å². The Morgan fingerprint density at radius 1 is 1.17 bits per heavy atom. The number of amides is 2. The molecule has 0 aliphatic carbocycles. The van der Waals surface area contributed by atoms with Crippen molar-refractivity contribution in [1.29, 1.82) is 0 Å². The molecule has 24 heavy (non-hydrogen) atoms. The number of carbonyl (C=O) groups is 2. The number of anilines is 1. The van der Waals surface area contributed by atoms with Crippen molar-refractivity contribution < 1.29 is 14.3 Å². The lowest BCUT2D eigenvalue weighted by molar-refractivity contribution is -0.116. The van der Waals surface area contributed by atoms with Crippen molar-refractivity contribution in [2.45, 2.75) is 13.3 Å². The van der Waals surface area contributed by atoms with Crippen LogP contribution in [0.4, 0.5) is 10.5 Å². The highest BCUT2D eigenvalue weighted by atomic mass is 35.5. The smallest absolute Gasteiger partial charge is 0.409 e. The van der Waals surface area contributed by atoms with Gasteiger partial charge in [-0.3, -0.25) is 9.69 Å². The molecule has 0 spiro atoms. The molecule has 132 valence electrons. The van der Waals surface area contributed by atoms with Crippen molar-refractivity contribution in [3.8, 4) is 0 Å². The van der Waals surface area contributed by atoms with Gasteiger partial charge in [-0.25, -0.2) is 4.79 Å². The first-order chi connectivity index (χ1) is 11.5. The van der Waals surface area contributed by atoms with Gasteiger partial charge in [-0.1, -0.05) is 29.3 Å². The fourth-order valence-electron chi connectivity index (χ4n) is 2.45. The van der Waals surface area contributed by atoms with Gasteiger partial charge in [-0.15, -0.1) is 0 Å². The lowest BCUT2D eigenvalue weighted by Gasteiger charge is -2.33. The third-order valence-electron chi connectivity index (χ3n) is 3.78. The lowest BCUT2D eigenvalue weighted by atomic mass is 10.2. The van der Waals surface area contributed by atoms with Crippen LogP contribution in [0.15, 0.2) is 18.2 Å². The van der Waals surface area contributed by atoms with Gasteiger partial charge < -0.3 is 15.0 Å². The Kier molecular flexibility index (Phi) is 7.15. The average Bonchev–Trinajstić information content (AvgIpc) is 2.57. The molecular formula is C16H21Cl2N3O3. The number of rotatable bonds is 5. The van der Waals surface area contributed by atoms with Gasteiger partial charge in [-0.2, -0.15) is 0 Å². The summed E-state index contributed by atoms with van der Waals surface area (Å²) >= 11 is 12.1. The van der Waals surface area contributed by atoms with Gasteiger partial charge in [0.25, 0.3) is 0 Å². The third kappa shape index (κ3) is 5.26. The predicted octanol–water partition coefficient (Wildman–Crippen LogP) is 3.10. The normalized spacial score (nSPS) is 15.2. The quantitative estimate of drug-likeness (QED) is 0.861. The highest BCUT2D eigenvalue weighted by molar-refractivity contribution is 6.39. The van der Waals surface area contributed by atoms with Crippen LogP contribution in [-0.4, -0.2) is 61.1 Å². The molecule has 1 aliphatic heterocycles. The maximum absolute atomic E-state index is 12.1. The summed E-state index contributed by atoms with van der Waals surface area (Å²) in [7, 11) is 0. The molecule has 1 N–H and O–H groups in total. The molecule has 2 rings (SSSR count). The number of hydrogen-bond acceptors (Lipinski definition) is 4. The Hall–Kier alpha value is -1.50. The number of nitrogens with one attached hydrogen (secondary N) is 1. The Balaban J connectivity index is 1.74. The van der Waals surface area contributed by atoms with Gasteiger partial charge in [-0.05, 0) is 19.1 Å². The van der Waals surface area contributed by atoms with Crippen LogP contribution in [-0.2, 0) is 9.53 Å². The van der Waals surface area contributed by atoms with Crippen molar-refractivity contribution in [1.82, 2.24) is 9.80 Å². The average molecular weight is 374 g/mol. The number of hydrogen-bond donors (Lipinski definition) is 1. The van der Waals surface area contributed by atoms with Crippen molar-refractivity contribution in [3.05, 3.63) is 28.2 Å². The summed E-state index contributed by atoms with van der Waals surface area (Å²) in [5.74, 6) is -0.141. The van der Waals surface area contributed by atoms with Gasteiger partial charge in [0.2, 0.25) is 5.91 Å². The molecule has 0 radical (unpaired) electrons. The van der Waals surface area contributed by atoms with Crippen LogP contribution in [0.3, 0.4) is 0 Å². The highest BCUT2D eigenvalue weighted by Crippen LogP contribution is 2.29. The molecule has 0 atom stereocenters. The van der Waals surface area contributed by atoms with Crippen LogP contribution < -0.4 is 5.32 Å². The first kappa shape index (κ1) is 18.8. The molecule has 1 saturated heterocycles. The Morgan fingerprint density at radius 3 is 2.38 bits per heavy atom. The largest absolute Gasteiger partial charge is 0.450 e. The zero-order valence-corrected chi connectivity index (χ0v) is 15.1. The number of para-hydroxylation sites is 1. The van der Waals surface area contributed by atoms with E-state index in [1.54, 1.807) is 30.0 Å². The van der Waals surface area contributed by atoms with Gasteiger partial charge >= 0.3 is 6.09 Å². The predicted molar refractivity (Wildman–Crippen MR) is 94.7 cm³/mol. The molecule has 0 bridgehead atoms. The lowest BCUT2D eigenvalue weighted by Crippen LogP contribution is -2.49. The fourth-order valence-corrected chi connectivity index (χ4v) is 2.94. The summed E-state index contributed by atoms with van der Waals surface area (Å²) in [6.07, 6.45) is 0.0595. The maximum Gasteiger partial charge on any atom is 0.409 e. The number of benzene rings is 1. The Morgan fingerprint density at radius 2 is 1.79 bits per heavy atom. The summed E-state index contributed by atoms with van der Waals surface area (Å²) in [5, 5.41) is 3.58. The zero-order valence-electron chi connectivity index (χ0n) is 13.6. The fraction of sp³-hybridized carbons (Fsp3) is 0.500. The van der Waals surface area contributed by atoms with E-state index in [0.29, 0.717) is 48.4 Å². The van der Waals surface area contributed by atoms with E-state index in [0.717, 1.165) is 13.1 Å². The van der Waals surface area contributed by atoms with Gasteiger partial charge in [0.1, 0.15) is 0 Å². The molecule has 1 aromatic rings. The van der Waals surface area contributed by atoms with Crippen LogP contribution in [0.1, 0.15) is 13.3 Å². The first-order valence-corrected chi connectivity index (χ1v) is 8.64. The number of nitrogens with zero attached hydrogens (tertiary/aromatic N) is 2. The number of piperazine rings is 1. The molecule has 1 fully saturated rings. The first-order valence-electron chi connectivity index (χ1n) is 7.89. The molecular weight excluding hydrogens is 353 g/mol.